The Labute approximate surface area is 125 Å². The molecular weight excluding hydrogens is 273 g/mol. The number of hydrogen-bond donors (Lipinski definition) is 2. The predicted octanol–water partition coefficient (Wildman–Crippen LogP) is 3.22. The summed E-state index contributed by atoms with van der Waals surface area (Å²) < 4.78 is 18.7. The Morgan fingerprint density at radius 3 is 2.67 bits per heavy atom. The third-order valence-electron chi connectivity index (χ3n) is 3.57. The van der Waals surface area contributed by atoms with Crippen LogP contribution in [-0.2, 0) is 4.79 Å². The summed E-state index contributed by atoms with van der Waals surface area (Å²) in [7, 11) is 0. The van der Waals surface area contributed by atoms with Crippen molar-refractivity contribution in [3.8, 4) is 5.75 Å². The fourth-order valence-electron chi connectivity index (χ4n) is 2.21. The van der Waals surface area contributed by atoms with E-state index < -0.39 is 17.3 Å². The molecular formula is C16H24FNO3. The number of carbonyl (C=O) groups is 1. The average molecular weight is 297 g/mol. The Morgan fingerprint density at radius 2 is 2.10 bits per heavy atom. The molecule has 0 heterocycles. The van der Waals surface area contributed by atoms with E-state index in [2.05, 4.69) is 5.32 Å². The Balaban J connectivity index is 2.50. The lowest BCUT2D eigenvalue weighted by molar-refractivity contribution is -0.145. The molecule has 118 valence electrons. The molecule has 0 fully saturated rings. The van der Waals surface area contributed by atoms with Crippen LogP contribution in [-0.4, -0.2) is 29.8 Å². The zero-order chi connectivity index (χ0) is 15.7. The smallest absolute Gasteiger partial charge is 0.323 e. The van der Waals surface area contributed by atoms with Gasteiger partial charge in [-0.1, -0.05) is 26.0 Å². The molecule has 0 aromatic heterocycles. The first-order valence-corrected chi connectivity index (χ1v) is 7.41. The van der Waals surface area contributed by atoms with Gasteiger partial charge in [0.15, 0.2) is 11.6 Å². The molecule has 0 saturated carbocycles. The van der Waals surface area contributed by atoms with Crippen molar-refractivity contribution in [1.82, 2.24) is 5.32 Å². The number of hydrogen-bond acceptors (Lipinski definition) is 3. The van der Waals surface area contributed by atoms with Crippen LogP contribution < -0.4 is 10.1 Å². The van der Waals surface area contributed by atoms with Gasteiger partial charge in [0, 0.05) is 0 Å². The number of aliphatic carboxylic acids is 1. The first kappa shape index (κ1) is 17.4. The molecule has 4 nitrogen and oxygen atoms in total. The highest BCUT2D eigenvalue weighted by molar-refractivity contribution is 5.78. The SMILES string of the molecule is CCCNC(CC)(CCCOc1ccccc1F)C(=O)O. The first-order chi connectivity index (χ1) is 10.1. The maximum atomic E-state index is 13.4. The van der Waals surface area contributed by atoms with Crippen molar-refractivity contribution in [3.05, 3.63) is 30.1 Å². The van der Waals surface area contributed by atoms with Crippen molar-refractivity contribution in [1.29, 1.82) is 0 Å². The second-order valence-electron chi connectivity index (χ2n) is 5.05. The lowest BCUT2D eigenvalue weighted by Crippen LogP contribution is -2.52. The Morgan fingerprint density at radius 1 is 1.38 bits per heavy atom. The summed E-state index contributed by atoms with van der Waals surface area (Å²) >= 11 is 0. The number of ether oxygens (including phenoxy) is 1. The van der Waals surface area contributed by atoms with Gasteiger partial charge in [-0.2, -0.15) is 0 Å². The van der Waals surface area contributed by atoms with Crippen LogP contribution in [0.25, 0.3) is 0 Å². The molecule has 0 aliphatic carbocycles. The first-order valence-electron chi connectivity index (χ1n) is 7.41. The van der Waals surface area contributed by atoms with Crippen molar-refractivity contribution in [2.24, 2.45) is 0 Å². The van der Waals surface area contributed by atoms with E-state index in [1.54, 1.807) is 18.2 Å². The van der Waals surface area contributed by atoms with Crippen LogP contribution in [0.5, 0.6) is 5.75 Å². The summed E-state index contributed by atoms with van der Waals surface area (Å²) in [6.45, 7) is 4.81. The number of nitrogens with one attached hydrogen (secondary N) is 1. The summed E-state index contributed by atoms with van der Waals surface area (Å²) in [6, 6.07) is 6.21. The molecule has 5 heteroatoms. The van der Waals surface area contributed by atoms with Crippen molar-refractivity contribution >= 4 is 5.97 Å². The zero-order valence-electron chi connectivity index (χ0n) is 12.7. The Kier molecular flexibility index (Phi) is 7.15. The van der Waals surface area contributed by atoms with E-state index >= 15 is 0 Å². The molecule has 21 heavy (non-hydrogen) atoms. The van der Waals surface area contributed by atoms with E-state index in [0.29, 0.717) is 32.4 Å². The highest BCUT2D eigenvalue weighted by Gasteiger charge is 2.35. The normalized spacial score (nSPS) is 13.7. The quantitative estimate of drug-likeness (QED) is 0.651. The van der Waals surface area contributed by atoms with Crippen LogP contribution in [0.3, 0.4) is 0 Å². The van der Waals surface area contributed by atoms with Gasteiger partial charge in [-0.05, 0) is 44.4 Å². The number of carboxylic acid groups (broad SMARTS) is 1. The average Bonchev–Trinajstić information content (AvgIpc) is 2.48. The van der Waals surface area contributed by atoms with Crippen LogP contribution >= 0.6 is 0 Å². The fourth-order valence-corrected chi connectivity index (χ4v) is 2.21. The van der Waals surface area contributed by atoms with E-state index in [1.165, 1.54) is 6.07 Å². The minimum Gasteiger partial charge on any atom is -0.491 e. The summed E-state index contributed by atoms with van der Waals surface area (Å²) in [5, 5.41) is 12.6. The van der Waals surface area contributed by atoms with Crippen molar-refractivity contribution in [2.75, 3.05) is 13.2 Å². The largest absolute Gasteiger partial charge is 0.491 e. The van der Waals surface area contributed by atoms with E-state index in [1.807, 2.05) is 13.8 Å². The lowest BCUT2D eigenvalue weighted by Gasteiger charge is -2.29. The Bertz CT molecular complexity index is 453. The van der Waals surface area contributed by atoms with Gasteiger partial charge in [0.25, 0.3) is 0 Å². The van der Waals surface area contributed by atoms with Crippen molar-refractivity contribution < 1.29 is 19.0 Å². The highest BCUT2D eigenvalue weighted by atomic mass is 19.1. The van der Waals surface area contributed by atoms with Crippen LogP contribution in [0.2, 0.25) is 0 Å². The second kappa shape index (κ2) is 8.62. The number of benzene rings is 1. The number of carboxylic acids is 1. The standard InChI is InChI=1S/C16H24FNO3/c1-3-11-18-16(4-2,15(19)20)10-7-12-21-14-9-6-5-8-13(14)17/h5-6,8-9,18H,3-4,7,10-12H2,1-2H3,(H,19,20). The minimum absolute atomic E-state index is 0.205. The fraction of sp³-hybridized carbons (Fsp3) is 0.562. The molecule has 0 aliphatic heterocycles. The van der Waals surface area contributed by atoms with Gasteiger partial charge in [-0.15, -0.1) is 0 Å². The predicted molar refractivity (Wildman–Crippen MR) is 80.1 cm³/mol. The number of para-hydroxylation sites is 1. The molecule has 0 amide bonds. The molecule has 0 spiro atoms. The van der Waals surface area contributed by atoms with Gasteiger partial charge in [0.2, 0.25) is 0 Å². The van der Waals surface area contributed by atoms with Crippen LogP contribution in [0, 0.1) is 5.82 Å². The van der Waals surface area contributed by atoms with Crippen LogP contribution in [0.1, 0.15) is 39.5 Å². The molecule has 0 saturated heterocycles. The van der Waals surface area contributed by atoms with Crippen LogP contribution in [0.15, 0.2) is 24.3 Å². The maximum absolute atomic E-state index is 13.4. The van der Waals surface area contributed by atoms with E-state index in [4.69, 9.17) is 4.74 Å². The van der Waals surface area contributed by atoms with Crippen molar-refractivity contribution in [3.63, 3.8) is 0 Å². The zero-order valence-corrected chi connectivity index (χ0v) is 12.7. The van der Waals surface area contributed by atoms with Gasteiger partial charge >= 0.3 is 5.97 Å². The van der Waals surface area contributed by atoms with Gasteiger partial charge in [-0.25, -0.2) is 4.39 Å². The van der Waals surface area contributed by atoms with Crippen LogP contribution in [0.4, 0.5) is 4.39 Å². The molecule has 1 aromatic rings. The van der Waals surface area contributed by atoms with Gasteiger partial charge in [-0.3, -0.25) is 4.79 Å². The number of rotatable bonds is 10. The highest BCUT2D eigenvalue weighted by Crippen LogP contribution is 2.20. The summed E-state index contributed by atoms with van der Waals surface area (Å²) in [5.74, 6) is -1.04. The monoisotopic (exact) mass is 297 g/mol. The van der Waals surface area contributed by atoms with Gasteiger partial charge in [0.05, 0.1) is 6.61 Å². The molecule has 2 N–H and O–H groups in total. The lowest BCUT2D eigenvalue weighted by atomic mass is 9.90. The molecule has 0 radical (unpaired) electrons. The molecule has 1 unspecified atom stereocenters. The number of halogens is 1. The molecule has 1 rings (SSSR count). The van der Waals surface area contributed by atoms with Gasteiger partial charge in [0.1, 0.15) is 5.54 Å². The molecule has 1 atom stereocenters. The summed E-state index contributed by atoms with van der Waals surface area (Å²) in [6.07, 6.45) is 2.38. The molecule has 0 bridgehead atoms. The van der Waals surface area contributed by atoms with Gasteiger partial charge < -0.3 is 15.2 Å². The van der Waals surface area contributed by atoms with Crippen molar-refractivity contribution in [2.45, 2.75) is 45.1 Å². The van der Waals surface area contributed by atoms with E-state index in [0.717, 1.165) is 6.42 Å². The second-order valence-corrected chi connectivity index (χ2v) is 5.05. The minimum atomic E-state index is -0.922. The third kappa shape index (κ3) is 5.01. The van der Waals surface area contributed by atoms with E-state index in [9.17, 15) is 14.3 Å². The Hall–Kier alpha value is -1.62. The topological polar surface area (TPSA) is 58.6 Å². The molecule has 1 aromatic carbocycles. The summed E-state index contributed by atoms with van der Waals surface area (Å²) in [5.41, 5.74) is -0.922. The maximum Gasteiger partial charge on any atom is 0.323 e. The third-order valence-corrected chi connectivity index (χ3v) is 3.57. The summed E-state index contributed by atoms with van der Waals surface area (Å²) in [4.78, 5) is 11.5. The molecule has 0 aliphatic rings. The van der Waals surface area contributed by atoms with E-state index in [-0.39, 0.29) is 5.75 Å².